The number of halogens is 6. The quantitative estimate of drug-likeness (QED) is 0.169. The molecule has 0 bridgehead atoms. The third-order valence-corrected chi connectivity index (χ3v) is 11.0. The molecule has 0 saturated carbocycles. The lowest BCUT2D eigenvalue weighted by atomic mass is 9.81. The largest absolute Gasteiger partial charge is 0.418 e. The molecule has 1 N–H and O–H groups in total. The van der Waals surface area contributed by atoms with E-state index in [4.69, 9.17) is 0 Å². The van der Waals surface area contributed by atoms with Crippen molar-refractivity contribution < 1.29 is 40.7 Å². The zero-order valence-corrected chi connectivity index (χ0v) is 27.6. The summed E-state index contributed by atoms with van der Waals surface area (Å²) in [7, 11) is 0. The summed E-state index contributed by atoms with van der Waals surface area (Å²) >= 11 is 1.55. The predicted octanol–water partition coefficient (Wildman–Crippen LogP) is 7.68. The van der Waals surface area contributed by atoms with E-state index in [0.717, 1.165) is 69.6 Å². The predicted molar refractivity (Wildman–Crippen MR) is 173 cm³/mol. The minimum atomic E-state index is -4.87. The number of nitrogens with zero attached hydrogens (tertiary/aromatic N) is 2. The second-order valence-electron chi connectivity index (χ2n) is 12.7. The van der Waals surface area contributed by atoms with Crippen molar-refractivity contribution in [2.75, 3.05) is 10.2 Å². The Morgan fingerprint density at radius 2 is 1.49 bits per heavy atom. The Bertz CT molecular complexity index is 2030. The van der Waals surface area contributed by atoms with Crippen molar-refractivity contribution >= 4 is 52.2 Å². The molecule has 1 aromatic heterocycles. The molecule has 4 aromatic rings. The highest BCUT2D eigenvalue weighted by molar-refractivity contribution is 8.00. The van der Waals surface area contributed by atoms with Gasteiger partial charge in [-0.05, 0) is 46.9 Å². The van der Waals surface area contributed by atoms with Crippen LogP contribution in [0.5, 0.6) is 0 Å². The molecule has 0 aliphatic carbocycles. The van der Waals surface area contributed by atoms with Crippen LogP contribution >= 0.6 is 23.1 Å². The molecule has 2 aliphatic heterocycles. The van der Waals surface area contributed by atoms with Gasteiger partial charge >= 0.3 is 17.2 Å². The van der Waals surface area contributed by atoms with Gasteiger partial charge in [-0.3, -0.25) is 23.7 Å². The van der Waals surface area contributed by atoms with Gasteiger partial charge < -0.3 is 5.32 Å². The number of benzene rings is 3. The Balaban J connectivity index is 1.42. The van der Waals surface area contributed by atoms with Crippen molar-refractivity contribution in [2.45, 2.75) is 61.3 Å². The summed E-state index contributed by atoms with van der Waals surface area (Å²) in [6.45, 7) is 5.36. The van der Waals surface area contributed by atoms with E-state index in [0.29, 0.717) is 15.3 Å². The zero-order chi connectivity index (χ0) is 35.6. The number of hydrogen-bond acceptors (Lipinski definition) is 6. The molecule has 3 amide bonds. The maximum absolute atomic E-state index is 14.1. The van der Waals surface area contributed by atoms with Gasteiger partial charge in [0.2, 0.25) is 17.7 Å². The lowest BCUT2D eigenvalue weighted by molar-refractivity contribution is -0.138. The molecule has 3 heterocycles. The number of fused-ring (bicyclic) bond motifs is 2. The first-order valence-electron chi connectivity index (χ1n) is 14.9. The number of nitrogens with one attached hydrogen (secondary N) is 1. The number of amides is 3. The van der Waals surface area contributed by atoms with Gasteiger partial charge in [-0.15, -0.1) is 0 Å². The summed E-state index contributed by atoms with van der Waals surface area (Å²) < 4.78 is 82.9. The third kappa shape index (κ3) is 6.41. The fourth-order valence-corrected chi connectivity index (χ4v) is 8.84. The van der Waals surface area contributed by atoms with Crippen molar-refractivity contribution in [3.8, 4) is 0 Å². The number of rotatable bonds is 5. The minimum absolute atomic E-state index is 0.156. The Hall–Kier alpha value is -4.37. The van der Waals surface area contributed by atoms with Gasteiger partial charge in [0.05, 0.1) is 27.8 Å². The molecule has 49 heavy (non-hydrogen) atoms. The number of carbonyl (C=O) groups excluding carboxylic acids is 3. The van der Waals surface area contributed by atoms with E-state index >= 15 is 0 Å². The Kier molecular flexibility index (Phi) is 8.58. The highest BCUT2D eigenvalue weighted by Gasteiger charge is 2.57. The standard InChI is InChI=1S/C34H27F6N3O4S2/c1-32(2,3)18-13-11-17(12-14-18)24-25-26(29(46)43(28(25)45)22-10-5-4-9-21(22)34(38,39)40)48-30-27(24)49-31(47)42(30)16-23(44)41-20-8-6-7-19(15-20)33(35,36)37/h4-15,24-26H,16H2,1-3H3,(H,41,44). The van der Waals surface area contributed by atoms with Gasteiger partial charge in [-0.25, -0.2) is 4.90 Å². The molecule has 3 aromatic carbocycles. The van der Waals surface area contributed by atoms with Crippen molar-refractivity contribution in [1.29, 1.82) is 0 Å². The van der Waals surface area contributed by atoms with E-state index in [1.807, 2.05) is 32.9 Å². The van der Waals surface area contributed by atoms with Crippen LogP contribution in [0.15, 0.2) is 82.6 Å². The lowest BCUT2D eigenvalue weighted by Crippen LogP contribution is -2.33. The topological polar surface area (TPSA) is 88.5 Å². The van der Waals surface area contributed by atoms with Crippen LogP contribution in [0.4, 0.5) is 37.7 Å². The second kappa shape index (κ2) is 12.2. The third-order valence-electron chi connectivity index (χ3n) is 8.41. The monoisotopic (exact) mass is 719 g/mol. The number of aromatic nitrogens is 1. The highest BCUT2D eigenvalue weighted by atomic mass is 32.2. The molecule has 7 nitrogen and oxygen atoms in total. The summed E-state index contributed by atoms with van der Waals surface area (Å²) in [4.78, 5) is 54.8. The summed E-state index contributed by atoms with van der Waals surface area (Å²) in [5.41, 5.74) is -1.67. The number of thioether (sulfide) groups is 1. The van der Waals surface area contributed by atoms with E-state index in [2.05, 4.69) is 5.32 Å². The van der Waals surface area contributed by atoms with Crippen LogP contribution in [0.25, 0.3) is 0 Å². The molecular weight excluding hydrogens is 693 g/mol. The van der Waals surface area contributed by atoms with Gasteiger partial charge in [0.1, 0.15) is 11.8 Å². The SMILES string of the molecule is CC(C)(C)c1ccc(C2c3sc(=O)n(CC(=O)Nc4cccc(C(F)(F)F)c4)c3SC3C(=O)N(c4ccccc4C(F)(F)F)C(=O)C32)cc1. The Labute approximate surface area is 283 Å². The van der Waals surface area contributed by atoms with E-state index < -0.39 is 75.4 Å². The first-order chi connectivity index (χ1) is 22.9. The highest BCUT2D eigenvalue weighted by Crippen LogP contribution is 2.54. The van der Waals surface area contributed by atoms with E-state index in [1.165, 1.54) is 12.1 Å². The lowest BCUT2D eigenvalue weighted by Gasteiger charge is -2.31. The van der Waals surface area contributed by atoms with Gasteiger partial charge in [-0.1, -0.05) is 86.3 Å². The molecule has 1 saturated heterocycles. The minimum Gasteiger partial charge on any atom is -0.325 e. The number of para-hydroxylation sites is 1. The molecule has 3 unspecified atom stereocenters. The van der Waals surface area contributed by atoms with Gasteiger partial charge in [0, 0.05) is 16.5 Å². The molecule has 3 atom stereocenters. The first-order valence-corrected chi connectivity index (χ1v) is 16.6. The van der Waals surface area contributed by atoms with Crippen LogP contribution < -0.4 is 15.1 Å². The number of carbonyl (C=O) groups is 3. The van der Waals surface area contributed by atoms with Crippen molar-refractivity contribution in [3.63, 3.8) is 0 Å². The Morgan fingerprint density at radius 3 is 2.12 bits per heavy atom. The van der Waals surface area contributed by atoms with Gasteiger partial charge in [-0.2, -0.15) is 26.3 Å². The van der Waals surface area contributed by atoms with Crippen LogP contribution in [0.1, 0.15) is 53.8 Å². The summed E-state index contributed by atoms with van der Waals surface area (Å²) in [5, 5.41) is 1.29. The van der Waals surface area contributed by atoms with Crippen molar-refractivity contribution in [2.24, 2.45) is 5.92 Å². The molecule has 0 radical (unpaired) electrons. The van der Waals surface area contributed by atoms with Crippen LogP contribution in [-0.2, 0) is 38.7 Å². The average molecular weight is 720 g/mol. The van der Waals surface area contributed by atoms with Crippen LogP contribution in [-0.4, -0.2) is 27.5 Å². The number of thiazole rings is 1. The zero-order valence-electron chi connectivity index (χ0n) is 26.0. The van der Waals surface area contributed by atoms with Crippen LogP contribution in [0, 0.1) is 5.92 Å². The van der Waals surface area contributed by atoms with Crippen molar-refractivity contribution in [3.05, 3.63) is 110 Å². The number of alkyl halides is 6. The summed E-state index contributed by atoms with van der Waals surface area (Å²) in [6.07, 6.45) is -9.52. The smallest absolute Gasteiger partial charge is 0.325 e. The molecule has 1 fully saturated rings. The maximum Gasteiger partial charge on any atom is 0.418 e. The molecule has 256 valence electrons. The van der Waals surface area contributed by atoms with E-state index in [1.54, 1.807) is 12.1 Å². The van der Waals surface area contributed by atoms with Gasteiger partial charge in [0.15, 0.2) is 0 Å². The Morgan fingerprint density at radius 1 is 0.816 bits per heavy atom. The molecule has 2 aliphatic rings. The van der Waals surface area contributed by atoms with Crippen LogP contribution in [0.3, 0.4) is 0 Å². The number of imide groups is 1. The second-order valence-corrected chi connectivity index (χ2v) is 14.8. The summed E-state index contributed by atoms with van der Waals surface area (Å²) in [5.74, 6) is -4.70. The number of hydrogen-bond donors (Lipinski definition) is 1. The molecule has 15 heteroatoms. The molecule has 6 rings (SSSR count). The van der Waals surface area contributed by atoms with Gasteiger partial charge in [0.25, 0.3) is 0 Å². The van der Waals surface area contributed by atoms with E-state index in [9.17, 15) is 45.5 Å². The van der Waals surface area contributed by atoms with Crippen LogP contribution in [0.2, 0.25) is 0 Å². The maximum atomic E-state index is 14.1. The normalized spacial score (nSPS) is 19.5. The van der Waals surface area contributed by atoms with E-state index in [-0.39, 0.29) is 16.1 Å². The first kappa shape index (κ1) is 34.5. The summed E-state index contributed by atoms with van der Waals surface area (Å²) in [6, 6.07) is 15.4. The number of anilines is 2. The van der Waals surface area contributed by atoms with Crippen molar-refractivity contribution in [1.82, 2.24) is 4.57 Å². The molecule has 0 spiro atoms. The fourth-order valence-electron chi connectivity index (χ4n) is 6.07. The molecular formula is C34H27F6N3O4S2. The fraction of sp³-hybridized carbons (Fsp3) is 0.294. The average Bonchev–Trinajstić information content (AvgIpc) is 3.46.